The van der Waals surface area contributed by atoms with Crippen LogP contribution in [-0.4, -0.2) is 65.3 Å². The third-order valence-corrected chi connectivity index (χ3v) is 5.97. The van der Waals surface area contributed by atoms with Gasteiger partial charge >= 0.3 is 0 Å². The van der Waals surface area contributed by atoms with Crippen LogP contribution in [0.2, 0.25) is 0 Å². The maximum atomic E-state index is 10.5. The molecule has 1 saturated heterocycles. The van der Waals surface area contributed by atoms with Gasteiger partial charge in [0.1, 0.15) is 0 Å². The zero-order valence-corrected chi connectivity index (χ0v) is 18.6. The monoisotopic (exact) mass is 431 g/mol. The number of aromatic nitrogens is 1. The predicted molar refractivity (Wildman–Crippen MR) is 127 cm³/mol. The number of benzene rings is 2. The summed E-state index contributed by atoms with van der Waals surface area (Å²) in [6.45, 7) is 5.33. The average Bonchev–Trinajstić information content (AvgIpc) is 3.07. The summed E-state index contributed by atoms with van der Waals surface area (Å²) in [7, 11) is 0. The van der Waals surface area contributed by atoms with Crippen LogP contribution in [0.4, 0.5) is 0 Å². The maximum Gasteiger partial charge on any atom is 0.0900 e. The first kappa shape index (κ1) is 22.6. The molecular formula is C27H33N3O2. The molecule has 1 fully saturated rings. The van der Waals surface area contributed by atoms with Gasteiger partial charge in [-0.3, -0.25) is 14.8 Å². The summed E-state index contributed by atoms with van der Waals surface area (Å²) in [5.41, 5.74) is 3.54. The van der Waals surface area contributed by atoms with E-state index in [0.717, 1.165) is 38.3 Å². The van der Waals surface area contributed by atoms with Gasteiger partial charge in [-0.15, -0.1) is 0 Å². The Hall–Kier alpha value is -2.57. The van der Waals surface area contributed by atoms with Crippen molar-refractivity contribution in [3.05, 3.63) is 102 Å². The van der Waals surface area contributed by atoms with Gasteiger partial charge in [-0.1, -0.05) is 66.7 Å². The number of rotatable bonds is 9. The van der Waals surface area contributed by atoms with Crippen LogP contribution in [0.15, 0.2) is 85.1 Å². The lowest BCUT2D eigenvalue weighted by atomic mass is 9.97. The van der Waals surface area contributed by atoms with Crippen molar-refractivity contribution in [2.24, 2.45) is 0 Å². The van der Waals surface area contributed by atoms with Crippen LogP contribution in [0.3, 0.4) is 0 Å². The van der Waals surface area contributed by atoms with Crippen molar-refractivity contribution >= 4 is 0 Å². The fraction of sp³-hybridized carbons (Fsp3) is 0.370. The molecule has 5 nitrogen and oxygen atoms in total. The highest BCUT2D eigenvalue weighted by Gasteiger charge is 2.25. The zero-order chi connectivity index (χ0) is 22.0. The number of ether oxygens (including phenoxy) is 1. The molecule has 0 radical (unpaired) electrons. The second-order valence-electron chi connectivity index (χ2n) is 8.40. The van der Waals surface area contributed by atoms with Crippen molar-refractivity contribution in [3.63, 3.8) is 0 Å². The molecule has 3 aromatic rings. The number of β-amino-alcohol motifs (C(OH)–C–C–N with tert-alkyl or cyclic N) is 1. The molecule has 1 aromatic heterocycles. The molecule has 1 aliphatic rings. The number of pyridine rings is 1. The first-order chi connectivity index (χ1) is 15.8. The number of aliphatic hydroxyl groups excluding tert-OH is 1. The highest BCUT2D eigenvalue weighted by atomic mass is 16.5. The van der Waals surface area contributed by atoms with Crippen LogP contribution in [-0.2, 0) is 11.3 Å². The van der Waals surface area contributed by atoms with E-state index in [2.05, 4.69) is 75.4 Å². The lowest BCUT2D eigenvalue weighted by Crippen LogP contribution is -2.38. The Labute approximate surface area is 191 Å². The summed E-state index contributed by atoms with van der Waals surface area (Å²) < 4.78 is 5.68. The topological polar surface area (TPSA) is 48.8 Å². The zero-order valence-electron chi connectivity index (χ0n) is 18.6. The fourth-order valence-electron chi connectivity index (χ4n) is 4.45. The predicted octanol–water partition coefficient (Wildman–Crippen LogP) is 3.76. The first-order valence-corrected chi connectivity index (χ1v) is 11.5. The van der Waals surface area contributed by atoms with Gasteiger partial charge in [0.15, 0.2) is 0 Å². The largest absolute Gasteiger partial charge is 0.389 e. The molecule has 0 spiro atoms. The quantitative estimate of drug-likeness (QED) is 0.559. The molecule has 0 amide bonds. The van der Waals surface area contributed by atoms with E-state index in [1.165, 1.54) is 11.1 Å². The standard InChI is InChI=1S/C27H33N3O2/c31-26(22-32-21-25-14-7-8-15-28-25)20-29-16-9-17-30(19-18-29)27(23-10-3-1-4-11-23)24-12-5-2-6-13-24/h1-8,10-15,26-27,31H,9,16-22H2. The molecule has 2 aromatic carbocycles. The number of hydrogen-bond acceptors (Lipinski definition) is 5. The Morgan fingerprint density at radius 3 is 2.16 bits per heavy atom. The maximum absolute atomic E-state index is 10.5. The lowest BCUT2D eigenvalue weighted by Gasteiger charge is -2.32. The smallest absolute Gasteiger partial charge is 0.0900 e. The lowest BCUT2D eigenvalue weighted by molar-refractivity contribution is 0.00946. The third-order valence-electron chi connectivity index (χ3n) is 5.97. The Morgan fingerprint density at radius 1 is 0.812 bits per heavy atom. The second-order valence-corrected chi connectivity index (χ2v) is 8.40. The summed E-state index contributed by atoms with van der Waals surface area (Å²) in [6, 6.07) is 27.6. The summed E-state index contributed by atoms with van der Waals surface area (Å²) >= 11 is 0. The van der Waals surface area contributed by atoms with Gasteiger partial charge in [0, 0.05) is 32.4 Å². The molecule has 2 heterocycles. The van der Waals surface area contributed by atoms with Crippen molar-refractivity contribution < 1.29 is 9.84 Å². The van der Waals surface area contributed by atoms with Crippen LogP contribution in [0, 0.1) is 0 Å². The van der Waals surface area contributed by atoms with E-state index in [1.54, 1.807) is 6.20 Å². The molecule has 1 unspecified atom stereocenters. The van der Waals surface area contributed by atoms with Crippen molar-refractivity contribution in [2.75, 3.05) is 39.3 Å². The van der Waals surface area contributed by atoms with Crippen molar-refractivity contribution in [3.8, 4) is 0 Å². The Bertz CT molecular complexity index is 868. The van der Waals surface area contributed by atoms with E-state index in [-0.39, 0.29) is 6.04 Å². The summed E-state index contributed by atoms with van der Waals surface area (Å²) in [5, 5.41) is 10.5. The van der Waals surface area contributed by atoms with Crippen LogP contribution in [0.25, 0.3) is 0 Å². The van der Waals surface area contributed by atoms with Crippen LogP contribution in [0.1, 0.15) is 29.3 Å². The van der Waals surface area contributed by atoms with Gasteiger partial charge in [0.05, 0.1) is 31.1 Å². The average molecular weight is 432 g/mol. The minimum atomic E-state index is -0.496. The van der Waals surface area contributed by atoms with Crippen LogP contribution in [0.5, 0.6) is 0 Å². The Balaban J connectivity index is 1.32. The normalized spacial score (nSPS) is 16.7. The van der Waals surface area contributed by atoms with Gasteiger partial charge in [-0.2, -0.15) is 0 Å². The van der Waals surface area contributed by atoms with E-state index in [0.29, 0.717) is 19.8 Å². The van der Waals surface area contributed by atoms with E-state index in [4.69, 9.17) is 4.74 Å². The Morgan fingerprint density at radius 2 is 1.50 bits per heavy atom. The van der Waals surface area contributed by atoms with Crippen molar-refractivity contribution in [2.45, 2.75) is 25.2 Å². The number of nitrogens with zero attached hydrogens (tertiary/aromatic N) is 3. The molecule has 1 N–H and O–H groups in total. The van der Waals surface area contributed by atoms with E-state index in [1.807, 2.05) is 18.2 Å². The molecule has 32 heavy (non-hydrogen) atoms. The molecule has 0 saturated carbocycles. The van der Waals surface area contributed by atoms with E-state index in [9.17, 15) is 5.11 Å². The molecule has 0 bridgehead atoms. The first-order valence-electron chi connectivity index (χ1n) is 11.5. The van der Waals surface area contributed by atoms with Crippen molar-refractivity contribution in [1.82, 2.24) is 14.8 Å². The molecule has 1 atom stereocenters. The summed E-state index contributed by atoms with van der Waals surface area (Å²) in [6.07, 6.45) is 2.35. The molecule has 5 heteroatoms. The second kappa shape index (κ2) is 11.9. The number of hydrogen-bond donors (Lipinski definition) is 1. The van der Waals surface area contributed by atoms with Gasteiger partial charge in [-0.25, -0.2) is 0 Å². The SMILES string of the molecule is OC(COCc1ccccn1)CN1CCCN(C(c2ccccc2)c2ccccc2)CC1. The van der Waals surface area contributed by atoms with Gasteiger partial charge < -0.3 is 9.84 Å². The van der Waals surface area contributed by atoms with Crippen molar-refractivity contribution in [1.29, 1.82) is 0 Å². The van der Waals surface area contributed by atoms with Gasteiger partial charge in [0.25, 0.3) is 0 Å². The minimum Gasteiger partial charge on any atom is -0.389 e. The molecule has 1 aliphatic heterocycles. The summed E-state index contributed by atoms with van der Waals surface area (Å²) in [4.78, 5) is 9.20. The Kier molecular flexibility index (Phi) is 8.40. The van der Waals surface area contributed by atoms with Gasteiger partial charge in [0.2, 0.25) is 0 Å². The molecule has 168 valence electrons. The van der Waals surface area contributed by atoms with Crippen LogP contribution >= 0.6 is 0 Å². The minimum absolute atomic E-state index is 0.254. The fourth-order valence-corrected chi connectivity index (χ4v) is 4.45. The molecule has 0 aliphatic carbocycles. The van der Waals surface area contributed by atoms with Gasteiger partial charge in [-0.05, 0) is 36.2 Å². The third kappa shape index (κ3) is 6.47. The molecular weight excluding hydrogens is 398 g/mol. The van der Waals surface area contributed by atoms with E-state index < -0.39 is 6.10 Å². The summed E-state index contributed by atoms with van der Waals surface area (Å²) in [5.74, 6) is 0. The van der Waals surface area contributed by atoms with Crippen LogP contribution < -0.4 is 0 Å². The highest BCUT2D eigenvalue weighted by molar-refractivity contribution is 5.31. The highest BCUT2D eigenvalue weighted by Crippen LogP contribution is 2.29. The molecule has 4 rings (SSSR count). The van der Waals surface area contributed by atoms with E-state index >= 15 is 0 Å². The number of aliphatic hydroxyl groups is 1.